The van der Waals surface area contributed by atoms with Crippen LogP contribution in [0.2, 0.25) is 0 Å². The van der Waals surface area contributed by atoms with E-state index in [-0.39, 0.29) is 30.3 Å². The summed E-state index contributed by atoms with van der Waals surface area (Å²) in [5, 5.41) is 20.1. The van der Waals surface area contributed by atoms with Crippen LogP contribution < -0.4 is 10.8 Å². The van der Waals surface area contributed by atoms with Crippen LogP contribution >= 0.6 is 22.6 Å². The minimum atomic E-state index is -1.01. The number of anilines is 2. The number of hydroxylamine groups is 1. The fraction of sp³-hybridized carbons (Fsp3) is 0.133. The van der Waals surface area contributed by atoms with E-state index in [4.69, 9.17) is 10.4 Å². The third-order valence-electron chi connectivity index (χ3n) is 2.87. The number of aliphatic hydroxyl groups excluding tert-OH is 1. The molecule has 0 atom stereocenters. The van der Waals surface area contributed by atoms with Crippen molar-refractivity contribution in [2.75, 3.05) is 18.5 Å². The van der Waals surface area contributed by atoms with Gasteiger partial charge in [0.2, 0.25) is 0 Å². The summed E-state index contributed by atoms with van der Waals surface area (Å²) in [6.07, 6.45) is 0. The van der Waals surface area contributed by atoms with E-state index in [9.17, 15) is 13.6 Å². The van der Waals surface area contributed by atoms with Gasteiger partial charge >= 0.3 is 0 Å². The van der Waals surface area contributed by atoms with Crippen LogP contribution in [0.25, 0.3) is 0 Å². The summed E-state index contributed by atoms with van der Waals surface area (Å²) >= 11 is 1.93. The highest BCUT2D eigenvalue weighted by Crippen LogP contribution is 2.24. The number of rotatable bonds is 6. The van der Waals surface area contributed by atoms with Gasteiger partial charge in [0.05, 0.1) is 24.5 Å². The Kier molecular flexibility index (Phi) is 6.57. The molecule has 25 heavy (non-hydrogen) atoms. The maximum atomic E-state index is 14.0. The van der Waals surface area contributed by atoms with Crippen LogP contribution in [-0.2, 0) is 4.84 Å². The molecule has 10 heteroatoms. The molecule has 1 aromatic carbocycles. The molecule has 3 N–H and O–H groups in total. The van der Waals surface area contributed by atoms with E-state index in [0.717, 1.165) is 6.07 Å². The van der Waals surface area contributed by atoms with Crippen molar-refractivity contribution >= 4 is 40.0 Å². The topological polar surface area (TPSA) is 107 Å². The predicted octanol–water partition coefficient (Wildman–Crippen LogP) is 2.23. The number of aliphatic hydroxyl groups is 1. The molecule has 7 nitrogen and oxygen atoms in total. The maximum Gasteiger partial charge on any atom is 0.278 e. The van der Waals surface area contributed by atoms with Crippen molar-refractivity contribution in [2.24, 2.45) is 0 Å². The summed E-state index contributed by atoms with van der Waals surface area (Å²) in [6, 6.07) is 6.62. The Labute approximate surface area is 154 Å². The molecule has 1 amide bonds. The average Bonchev–Trinajstić information content (AvgIpc) is 2.58. The van der Waals surface area contributed by atoms with Crippen molar-refractivity contribution in [3.63, 3.8) is 0 Å². The number of aromatic nitrogens is 1. The first-order valence-electron chi connectivity index (χ1n) is 6.82. The quantitative estimate of drug-likeness (QED) is 0.347. The van der Waals surface area contributed by atoms with Crippen molar-refractivity contribution in [1.82, 2.24) is 10.5 Å². The van der Waals surface area contributed by atoms with Gasteiger partial charge in [0.1, 0.15) is 17.7 Å². The van der Waals surface area contributed by atoms with Gasteiger partial charge in [0, 0.05) is 3.57 Å². The molecule has 0 spiro atoms. The van der Waals surface area contributed by atoms with E-state index in [0.29, 0.717) is 3.57 Å². The molecule has 0 aliphatic heterocycles. The number of nitrogens with zero attached hydrogens (tertiary/aromatic N) is 2. The lowest BCUT2D eigenvalue weighted by atomic mass is 10.2. The lowest BCUT2D eigenvalue weighted by Crippen LogP contribution is -2.26. The average molecular weight is 460 g/mol. The van der Waals surface area contributed by atoms with Gasteiger partial charge in [-0.25, -0.2) is 19.2 Å². The van der Waals surface area contributed by atoms with Crippen LogP contribution in [0.4, 0.5) is 20.3 Å². The first kappa shape index (κ1) is 19.0. The van der Waals surface area contributed by atoms with Crippen molar-refractivity contribution in [3.05, 3.63) is 50.7 Å². The molecular weight excluding hydrogens is 449 g/mol. The van der Waals surface area contributed by atoms with Crippen molar-refractivity contribution < 1.29 is 23.5 Å². The molecule has 1 aromatic heterocycles. The van der Waals surface area contributed by atoms with Gasteiger partial charge in [-0.3, -0.25) is 9.63 Å². The molecule has 0 saturated heterocycles. The van der Waals surface area contributed by atoms with Gasteiger partial charge in [-0.05, 0) is 46.9 Å². The Morgan fingerprint density at radius 2 is 2.12 bits per heavy atom. The molecule has 2 aromatic rings. The van der Waals surface area contributed by atoms with Crippen LogP contribution in [0.3, 0.4) is 0 Å². The van der Waals surface area contributed by atoms with Crippen LogP contribution in [-0.4, -0.2) is 29.2 Å². The van der Waals surface area contributed by atoms with E-state index >= 15 is 0 Å². The monoisotopic (exact) mass is 460 g/mol. The summed E-state index contributed by atoms with van der Waals surface area (Å²) in [4.78, 5) is 20.5. The highest BCUT2D eigenvalue weighted by Gasteiger charge is 2.19. The first-order valence-corrected chi connectivity index (χ1v) is 7.90. The summed E-state index contributed by atoms with van der Waals surface area (Å²) in [7, 11) is 0. The van der Waals surface area contributed by atoms with Gasteiger partial charge in [-0.2, -0.15) is 5.26 Å². The molecule has 130 valence electrons. The molecule has 0 saturated carbocycles. The second-order valence-corrected chi connectivity index (χ2v) is 5.82. The third-order valence-corrected chi connectivity index (χ3v) is 3.54. The smallest absolute Gasteiger partial charge is 0.278 e. The SMILES string of the molecule is N#Cc1nc(Nc2ccc(I)cc2F)c(C(=O)NOCCO)cc1F. The molecule has 0 bridgehead atoms. The number of hydrogen-bond donors (Lipinski definition) is 3. The zero-order valence-electron chi connectivity index (χ0n) is 12.5. The molecule has 0 aliphatic carbocycles. The Morgan fingerprint density at radius 3 is 2.76 bits per heavy atom. The Balaban J connectivity index is 2.40. The van der Waals surface area contributed by atoms with Crippen molar-refractivity contribution in [1.29, 1.82) is 5.26 Å². The van der Waals surface area contributed by atoms with Gasteiger partial charge in [-0.1, -0.05) is 0 Å². The number of benzene rings is 1. The zero-order valence-corrected chi connectivity index (χ0v) is 14.7. The first-order chi connectivity index (χ1) is 12.0. The van der Waals surface area contributed by atoms with Crippen LogP contribution in [0.5, 0.6) is 0 Å². The van der Waals surface area contributed by atoms with E-state index < -0.39 is 23.2 Å². The number of hydrogen-bond acceptors (Lipinski definition) is 6. The van der Waals surface area contributed by atoms with Crippen molar-refractivity contribution in [3.8, 4) is 6.07 Å². The number of carbonyl (C=O) groups excluding carboxylic acids is 1. The maximum absolute atomic E-state index is 14.0. The molecule has 0 fully saturated rings. The molecule has 0 radical (unpaired) electrons. The highest BCUT2D eigenvalue weighted by molar-refractivity contribution is 14.1. The molecular formula is C15H11F2IN4O3. The number of nitrogens with one attached hydrogen (secondary N) is 2. The van der Waals surface area contributed by atoms with Gasteiger partial charge in [0.25, 0.3) is 5.91 Å². The second-order valence-electron chi connectivity index (χ2n) is 4.58. The number of pyridine rings is 1. The molecule has 2 rings (SSSR count). The number of nitriles is 1. The van der Waals surface area contributed by atoms with Crippen LogP contribution in [0.15, 0.2) is 24.3 Å². The minimum Gasteiger partial charge on any atom is -0.394 e. The fourth-order valence-corrected chi connectivity index (χ4v) is 2.22. The van der Waals surface area contributed by atoms with Crippen molar-refractivity contribution in [2.45, 2.75) is 0 Å². The van der Waals surface area contributed by atoms with Gasteiger partial charge < -0.3 is 10.4 Å². The largest absolute Gasteiger partial charge is 0.394 e. The Bertz CT molecular complexity index is 842. The predicted molar refractivity (Wildman–Crippen MR) is 91.8 cm³/mol. The van der Waals surface area contributed by atoms with Gasteiger partial charge in [-0.15, -0.1) is 0 Å². The van der Waals surface area contributed by atoms with E-state index in [1.807, 2.05) is 28.1 Å². The Hall–Kier alpha value is -2.36. The van der Waals surface area contributed by atoms with Gasteiger partial charge in [0.15, 0.2) is 11.5 Å². The van der Waals surface area contributed by atoms with E-state index in [1.54, 1.807) is 12.1 Å². The third kappa shape index (κ3) is 4.81. The van der Waals surface area contributed by atoms with Crippen LogP contribution in [0.1, 0.15) is 16.1 Å². The number of halogens is 3. The van der Waals surface area contributed by atoms with E-state index in [1.165, 1.54) is 12.1 Å². The summed E-state index contributed by atoms with van der Waals surface area (Å²) in [5.41, 5.74) is 1.13. The summed E-state index contributed by atoms with van der Waals surface area (Å²) in [6.45, 7) is -0.508. The fourth-order valence-electron chi connectivity index (χ4n) is 1.77. The number of amides is 1. The minimum absolute atomic E-state index is 0.00580. The van der Waals surface area contributed by atoms with Crippen LogP contribution in [0, 0.1) is 26.5 Å². The highest BCUT2D eigenvalue weighted by atomic mass is 127. The standard InChI is InChI=1S/C15H11F2IN4O3/c16-10-5-8(18)1-2-12(10)20-14-9(15(24)22-25-4-3-23)6-11(17)13(7-19)21-14/h1-2,5-6,23H,3-4H2,(H,20,21)(H,22,24). The lowest BCUT2D eigenvalue weighted by molar-refractivity contribution is 0.0168. The summed E-state index contributed by atoms with van der Waals surface area (Å²) < 4.78 is 28.4. The normalized spacial score (nSPS) is 10.2. The molecule has 1 heterocycles. The number of carbonyl (C=O) groups is 1. The second kappa shape index (κ2) is 8.65. The van der Waals surface area contributed by atoms with E-state index in [2.05, 4.69) is 15.1 Å². The molecule has 0 unspecified atom stereocenters. The molecule has 0 aliphatic rings. The summed E-state index contributed by atoms with van der Waals surface area (Å²) in [5.74, 6) is -2.72. The lowest BCUT2D eigenvalue weighted by Gasteiger charge is -2.13. The Morgan fingerprint density at radius 1 is 1.36 bits per heavy atom. The zero-order chi connectivity index (χ0) is 18.4.